The molecule has 8 aromatic rings. The second-order valence-corrected chi connectivity index (χ2v) is 26.3. The van der Waals surface area contributed by atoms with Gasteiger partial charge in [-0.1, -0.05) is 168 Å². The van der Waals surface area contributed by atoms with Gasteiger partial charge in [-0.2, -0.15) is 0 Å². The number of rotatable bonds is 16. The smallest absolute Gasteiger partial charge is 0.128 e. The van der Waals surface area contributed by atoms with Gasteiger partial charge in [0.2, 0.25) is 0 Å². The van der Waals surface area contributed by atoms with Crippen molar-refractivity contribution in [2.45, 2.75) is 144 Å². The molecule has 0 fully saturated rings. The molecule has 8 bridgehead atoms. The van der Waals surface area contributed by atoms with Gasteiger partial charge in [-0.25, -0.2) is 0 Å². The zero-order valence-electron chi connectivity index (χ0n) is 51.4. The van der Waals surface area contributed by atoms with E-state index in [1.807, 2.05) is 97.4 Å². The number of nitrogens with zero attached hydrogens (tertiary/aromatic N) is 4. The lowest BCUT2D eigenvalue weighted by Gasteiger charge is -2.28. The van der Waals surface area contributed by atoms with Crippen LogP contribution in [0.2, 0.25) is 0 Å². The van der Waals surface area contributed by atoms with Crippen molar-refractivity contribution in [1.82, 2.24) is 9.97 Å². The first-order valence-corrected chi connectivity index (χ1v) is 29.5. The zero-order chi connectivity index (χ0) is 59.8. The van der Waals surface area contributed by atoms with Crippen molar-refractivity contribution >= 4 is 12.4 Å². The van der Waals surface area contributed by atoms with E-state index in [9.17, 15) is 10.2 Å². The molecule has 1 aliphatic rings. The number of hydrogen-bond acceptors (Lipinski definition) is 10. The van der Waals surface area contributed by atoms with E-state index in [0.29, 0.717) is 61.8 Å². The second-order valence-electron chi connectivity index (χ2n) is 26.3. The number of aromatic hydroxyl groups is 2. The Labute approximate surface area is 498 Å². The van der Waals surface area contributed by atoms with Crippen molar-refractivity contribution in [3.63, 3.8) is 0 Å². The van der Waals surface area contributed by atoms with Crippen LogP contribution in [0.5, 0.6) is 34.5 Å². The molecule has 10 nitrogen and oxygen atoms in total. The van der Waals surface area contributed by atoms with Crippen LogP contribution in [-0.2, 0) is 60.4 Å². The third kappa shape index (κ3) is 15.3. The average molecular weight is 1130 g/mol. The highest BCUT2D eigenvalue weighted by Crippen LogP contribution is 2.44. The van der Waals surface area contributed by atoms with Gasteiger partial charge in [-0.3, -0.25) is 20.0 Å². The Hall–Kier alpha value is -8.24. The van der Waals surface area contributed by atoms with Crippen molar-refractivity contribution in [3.05, 3.63) is 235 Å². The predicted octanol–water partition coefficient (Wildman–Crippen LogP) is 15.9. The normalized spacial score (nSPS) is 13.1. The summed E-state index contributed by atoms with van der Waals surface area (Å²) >= 11 is 0. The Morgan fingerprint density at radius 2 is 0.667 bits per heavy atom. The molecule has 6 aromatic carbocycles. The summed E-state index contributed by atoms with van der Waals surface area (Å²) in [7, 11) is 0. The third-order valence-corrected chi connectivity index (χ3v) is 15.4. The van der Waals surface area contributed by atoms with Crippen LogP contribution in [-0.4, -0.2) is 59.0 Å². The Bertz CT molecular complexity index is 3300. The topological polar surface area (TPSA) is 128 Å². The first-order valence-electron chi connectivity index (χ1n) is 29.5. The Morgan fingerprint density at radius 1 is 0.381 bits per heavy atom. The molecule has 0 amide bonds. The lowest BCUT2D eigenvalue weighted by molar-refractivity contribution is 0.214. The number of hydrogen-bond donors (Lipinski definition) is 2. The van der Waals surface area contributed by atoms with Gasteiger partial charge in [0.25, 0.3) is 0 Å². The number of aromatic nitrogens is 2. The molecule has 1 aliphatic carbocycles. The van der Waals surface area contributed by atoms with E-state index in [1.165, 1.54) is 0 Å². The molecule has 0 atom stereocenters. The van der Waals surface area contributed by atoms with Gasteiger partial charge in [0.15, 0.2) is 0 Å². The summed E-state index contributed by atoms with van der Waals surface area (Å²) in [5.41, 5.74) is 13.9. The summed E-state index contributed by atoms with van der Waals surface area (Å²) in [6, 6.07) is 45.1. The van der Waals surface area contributed by atoms with Gasteiger partial charge >= 0.3 is 0 Å². The predicted molar refractivity (Wildman–Crippen MR) is 341 cm³/mol. The number of benzene rings is 6. The molecule has 9 rings (SSSR count). The van der Waals surface area contributed by atoms with Gasteiger partial charge in [0.05, 0.1) is 24.5 Å². The van der Waals surface area contributed by atoms with Gasteiger partial charge in [0.1, 0.15) is 60.9 Å². The third-order valence-electron chi connectivity index (χ3n) is 15.4. The second kappa shape index (κ2) is 25.7. The van der Waals surface area contributed by atoms with Crippen LogP contribution in [0.15, 0.2) is 156 Å². The minimum atomic E-state index is -0.258. The maximum Gasteiger partial charge on any atom is 0.128 e. The van der Waals surface area contributed by atoms with Gasteiger partial charge in [0, 0.05) is 61.6 Å². The van der Waals surface area contributed by atoms with Gasteiger partial charge in [-0.05, 0) is 137 Å². The minimum absolute atomic E-state index is 0.235. The van der Waals surface area contributed by atoms with Crippen LogP contribution in [0.4, 0.5) is 0 Å². The molecule has 0 aliphatic heterocycles. The first-order chi connectivity index (χ1) is 40.0. The van der Waals surface area contributed by atoms with Crippen LogP contribution < -0.4 is 18.9 Å². The molecule has 2 N–H and O–H groups in total. The standard InChI is InChI=1S/C74H84N4O6/c1-71(2,3)59-37-51-33-55-41-61(73(7,8)9)43-57(69(55)83-31-29-81-65-25-15-13-21-49(65)45-75-47-63-23-17-19-27-77-63)35-53-39-60(72(4,5)6)40-54(68(53)80)36-58-44-62(74(10,11)12)42-56(34-52(38-59)67(51)79)70(58)84-32-30-82-66-26-16-14-22-50(66)46-76-48-64-24-18-20-28-78-64/h13-28,37-46,79-80H,29-36,47-48H2,1-12H3. The molecule has 84 heavy (non-hydrogen) atoms. The summed E-state index contributed by atoms with van der Waals surface area (Å²) in [5.74, 6) is 3.31. The molecule has 0 spiro atoms. The summed E-state index contributed by atoms with van der Waals surface area (Å²) < 4.78 is 27.1. The summed E-state index contributed by atoms with van der Waals surface area (Å²) in [4.78, 5) is 18.2. The van der Waals surface area contributed by atoms with E-state index in [1.54, 1.807) is 12.4 Å². The highest BCUT2D eigenvalue weighted by molar-refractivity contribution is 5.84. The van der Waals surface area contributed by atoms with Crippen molar-refractivity contribution in [3.8, 4) is 34.5 Å². The molecule has 0 saturated carbocycles. The molecule has 0 radical (unpaired) electrons. The number of pyridine rings is 2. The monoisotopic (exact) mass is 1120 g/mol. The number of ether oxygens (including phenoxy) is 4. The lowest BCUT2D eigenvalue weighted by atomic mass is 9.79. The number of phenols is 2. The fraction of sp³-hybridized carbons (Fsp3) is 0.351. The van der Waals surface area contributed by atoms with Crippen molar-refractivity contribution in [2.75, 3.05) is 26.4 Å². The van der Waals surface area contributed by atoms with Crippen molar-refractivity contribution in [1.29, 1.82) is 0 Å². The maximum atomic E-state index is 12.9. The Balaban J connectivity index is 1.13. The van der Waals surface area contributed by atoms with Crippen LogP contribution in [0.1, 0.15) is 172 Å². The van der Waals surface area contributed by atoms with Crippen LogP contribution in [0.25, 0.3) is 0 Å². The fourth-order valence-corrected chi connectivity index (χ4v) is 10.5. The van der Waals surface area contributed by atoms with E-state index in [-0.39, 0.29) is 59.6 Å². The Kier molecular flexibility index (Phi) is 18.5. The van der Waals surface area contributed by atoms with E-state index in [2.05, 4.69) is 152 Å². The molecule has 2 heterocycles. The van der Waals surface area contributed by atoms with Gasteiger partial charge < -0.3 is 29.2 Å². The maximum absolute atomic E-state index is 12.9. The number of phenolic OH excluding ortho intramolecular Hbond substituents is 2. The number of fused-ring (bicyclic) bond motifs is 8. The largest absolute Gasteiger partial charge is 0.507 e. The molecule has 0 saturated heterocycles. The highest BCUT2D eigenvalue weighted by Gasteiger charge is 2.29. The first kappa shape index (κ1) is 60.4. The van der Waals surface area contributed by atoms with E-state index < -0.39 is 0 Å². The molecule has 0 unspecified atom stereocenters. The van der Waals surface area contributed by atoms with Crippen molar-refractivity contribution in [2.24, 2.45) is 9.98 Å². The fourth-order valence-electron chi connectivity index (χ4n) is 10.5. The lowest BCUT2D eigenvalue weighted by Crippen LogP contribution is -2.18. The van der Waals surface area contributed by atoms with Crippen molar-refractivity contribution < 1.29 is 29.2 Å². The molecular weight excluding hydrogens is 1040 g/mol. The highest BCUT2D eigenvalue weighted by atomic mass is 16.5. The quantitative estimate of drug-likeness (QED) is 0.0723. The van der Waals surface area contributed by atoms with Crippen LogP contribution >= 0.6 is 0 Å². The zero-order valence-corrected chi connectivity index (χ0v) is 51.4. The summed E-state index contributed by atoms with van der Waals surface area (Å²) in [6.07, 6.45) is 8.75. The van der Waals surface area contributed by atoms with E-state index >= 15 is 0 Å². The molecule has 2 aromatic heterocycles. The number of aliphatic imine (C=N–C) groups is 2. The minimum Gasteiger partial charge on any atom is -0.507 e. The SMILES string of the molecule is CC(C)(C)c1cc2c(O)c(c1)Cc1cc(C(C)(C)C)cc(c1OCCOc1ccccc1C=NCc1ccccn1)Cc1cc(C(C)(C)C)cc(c1O)Cc1cc(C(C)(C)C)cc(c1OCCOc1ccccc1C=NCc1ccccn1)C2. The van der Waals surface area contributed by atoms with Gasteiger partial charge in [-0.15, -0.1) is 0 Å². The Morgan fingerprint density at radius 3 is 0.964 bits per heavy atom. The molecule has 10 heteroatoms. The summed E-state index contributed by atoms with van der Waals surface area (Å²) in [5, 5.41) is 25.8. The average Bonchev–Trinajstić information content (AvgIpc) is 3.43. The summed E-state index contributed by atoms with van der Waals surface area (Å²) in [6.45, 7) is 28.6. The number of para-hydroxylation sites is 2. The van der Waals surface area contributed by atoms with Crippen LogP contribution in [0.3, 0.4) is 0 Å². The van der Waals surface area contributed by atoms with Crippen LogP contribution in [0, 0.1) is 0 Å². The molecular formula is C74H84N4O6. The molecule has 436 valence electrons. The van der Waals surface area contributed by atoms with E-state index in [0.717, 1.165) is 89.3 Å². The van der Waals surface area contributed by atoms with E-state index in [4.69, 9.17) is 18.9 Å².